The van der Waals surface area contributed by atoms with Crippen molar-refractivity contribution >= 4 is 11.9 Å². The van der Waals surface area contributed by atoms with Crippen LogP contribution in [0.5, 0.6) is 11.5 Å². The maximum atomic E-state index is 12.7. The van der Waals surface area contributed by atoms with Crippen molar-refractivity contribution in [3.05, 3.63) is 72.8 Å². The van der Waals surface area contributed by atoms with E-state index < -0.39 is 17.9 Å². The average Bonchev–Trinajstić information content (AvgIpc) is 2.77. The second-order valence-electron chi connectivity index (χ2n) is 6.89. The quantitative estimate of drug-likeness (QED) is 0.266. The van der Waals surface area contributed by atoms with Crippen LogP contribution in [0.25, 0.3) is 0 Å². The molecule has 0 heterocycles. The van der Waals surface area contributed by atoms with E-state index in [4.69, 9.17) is 14.2 Å². The van der Waals surface area contributed by atoms with Crippen molar-refractivity contribution in [1.29, 1.82) is 0 Å². The van der Waals surface area contributed by atoms with Gasteiger partial charge in [0, 0.05) is 12.2 Å². The number of allylic oxidation sites excluding steroid dienone is 1. The highest BCUT2D eigenvalue weighted by atomic mass is 16.7. The molecule has 31 heavy (non-hydrogen) atoms. The summed E-state index contributed by atoms with van der Waals surface area (Å²) < 4.78 is 16.3. The molecule has 1 amide bonds. The third kappa shape index (κ3) is 8.62. The number of nitrogens with one attached hydrogen (secondary N) is 1. The van der Waals surface area contributed by atoms with Crippen LogP contribution in [0.4, 0.5) is 0 Å². The van der Waals surface area contributed by atoms with Crippen molar-refractivity contribution < 1.29 is 28.9 Å². The Hall–Kier alpha value is -3.16. The molecular weight excluding hydrogens is 398 g/mol. The van der Waals surface area contributed by atoms with Crippen LogP contribution in [-0.4, -0.2) is 43.0 Å². The molecule has 7 heteroatoms. The van der Waals surface area contributed by atoms with Gasteiger partial charge in [-0.05, 0) is 56.2 Å². The Labute approximate surface area is 182 Å². The van der Waals surface area contributed by atoms with Gasteiger partial charge < -0.3 is 24.6 Å². The fraction of sp³-hybridized carbons (Fsp3) is 0.333. The van der Waals surface area contributed by atoms with E-state index >= 15 is 0 Å². The number of rotatable bonds is 14. The lowest BCUT2D eigenvalue weighted by atomic mass is 9.96. The van der Waals surface area contributed by atoms with Gasteiger partial charge in [0.2, 0.25) is 0 Å². The summed E-state index contributed by atoms with van der Waals surface area (Å²) in [5.74, 6) is -0.616. The number of para-hydroxylation sites is 1. The van der Waals surface area contributed by atoms with E-state index in [0.29, 0.717) is 30.1 Å². The predicted octanol–water partition coefficient (Wildman–Crippen LogP) is 4.25. The number of amides is 1. The average molecular weight is 427 g/mol. The van der Waals surface area contributed by atoms with E-state index in [0.717, 1.165) is 0 Å². The number of carbonyl (C=O) groups is 2. The summed E-state index contributed by atoms with van der Waals surface area (Å²) in [7, 11) is 0. The molecule has 0 unspecified atom stereocenters. The van der Waals surface area contributed by atoms with Crippen LogP contribution in [0, 0.1) is 5.92 Å². The highest BCUT2D eigenvalue weighted by Crippen LogP contribution is 2.21. The molecule has 0 saturated carbocycles. The molecule has 0 radical (unpaired) electrons. The molecular formula is C24H29NO6. The van der Waals surface area contributed by atoms with Crippen LogP contribution < -0.4 is 10.1 Å². The molecule has 2 aromatic carbocycles. The molecule has 2 aromatic rings. The van der Waals surface area contributed by atoms with Crippen molar-refractivity contribution in [3.8, 4) is 11.5 Å². The largest absolute Gasteiger partial charge is 0.481 e. The maximum absolute atomic E-state index is 12.7. The first-order valence-electron chi connectivity index (χ1n) is 10.2. The van der Waals surface area contributed by atoms with Gasteiger partial charge in [0.1, 0.15) is 18.3 Å². The summed E-state index contributed by atoms with van der Waals surface area (Å²) in [5.41, 5.74) is 0.436. The number of carboxylic acids is 1. The van der Waals surface area contributed by atoms with Crippen molar-refractivity contribution in [1.82, 2.24) is 5.32 Å². The van der Waals surface area contributed by atoms with Crippen molar-refractivity contribution in [2.45, 2.75) is 25.8 Å². The Bertz CT molecular complexity index is 822. The number of carboxylic acid groups (broad SMARTS) is 1. The first-order chi connectivity index (χ1) is 15.0. The molecule has 0 spiro atoms. The van der Waals surface area contributed by atoms with Gasteiger partial charge in [-0.1, -0.05) is 24.3 Å². The first-order valence-corrected chi connectivity index (χ1v) is 10.2. The third-order valence-electron chi connectivity index (χ3n) is 4.49. The highest BCUT2D eigenvalue weighted by Gasteiger charge is 2.23. The molecule has 166 valence electrons. The topological polar surface area (TPSA) is 94.1 Å². The van der Waals surface area contributed by atoms with Gasteiger partial charge in [-0.15, -0.1) is 6.58 Å². The second-order valence-corrected chi connectivity index (χ2v) is 6.89. The van der Waals surface area contributed by atoms with Crippen LogP contribution >= 0.6 is 0 Å². The van der Waals surface area contributed by atoms with E-state index in [2.05, 4.69) is 11.9 Å². The van der Waals surface area contributed by atoms with E-state index in [1.54, 1.807) is 30.3 Å². The molecule has 2 rings (SSSR count). The third-order valence-corrected chi connectivity index (χ3v) is 4.49. The summed E-state index contributed by atoms with van der Waals surface area (Å²) >= 11 is 0. The first kappa shape index (κ1) is 24.1. The van der Waals surface area contributed by atoms with Gasteiger partial charge in [0.15, 0.2) is 0 Å². The molecule has 0 aliphatic carbocycles. The van der Waals surface area contributed by atoms with Crippen LogP contribution in [0.15, 0.2) is 67.3 Å². The van der Waals surface area contributed by atoms with Gasteiger partial charge in [-0.25, -0.2) is 0 Å². The van der Waals surface area contributed by atoms with Crippen molar-refractivity contribution in [2.75, 3.05) is 20.0 Å². The molecule has 0 aliphatic heterocycles. The van der Waals surface area contributed by atoms with Crippen LogP contribution in [0.3, 0.4) is 0 Å². The van der Waals surface area contributed by atoms with Crippen molar-refractivity contribution in [3.63, 3.8) is 0 Å². The predicted molar refractivity (Wildman–Crippen MR) is 117 cm³/mol. The molecule has 0 aliphatic rings. The highest BCUT2D eigenvalue weighted by molar-refractivity contribution is 5.94. The van der Waals surface area contributed by atoms with E-state index in [1.165, 1.54) is 0 Å². The Morgan fingerprint density at radius 1 is 1.06 bits per heavy atom. The summed E-state index contributed by atoms with van der Waals surface area (Å²) in [6.07, 6.45) is 2.08. The molecule has 0 fully saturated rings. The zero-order chi connectivity index (χ0) is 22.5. The number of ether oxygens (including phenoxy) is 3. The summed E-state index contributed by atoms with van der Waals surface area (Å²) in [6.45, 7) is 6.18. The Morgan fingerprint density at radius 3 is 2.35 bits per heavy atom. The SMILES string of the molecule is C=CC[C@H](C[C@@H](COCOCC)NC(=O)c1ccc(Oc2ccccc2)cc1)C(=O)O. The minimum absolute atomic E-state index is 0.0770. The Kier molecular flexibility index (Phi) is 10.3. The number of hydrogen-bond donors (Lipinski definition) is 2. The number of benzene rings is 2. The zero-order valence-electron chi connectivity index (χ0n) is 17.7. The molecule has 0 saturated heterocycles. The van der Waals surface area contributed by atoms with Crippen LogP contribution in [0.2, 0.25) is 0 Å². The summed E-state index contributed by atoms with van der Waals surface area (Å²) in [5, 5.41) is 12.3. The fourth-order valence-corrected chi connectivity index (χ4v) is 2.91. The van der Waals surface area contributed by atoms with E-state index in [1.807, 2.05) is 37.3 Å². The second kappa shape index (κ2) is 13.2. The lowest BCUT2D eigenvalue weighted by molar-refractivity contribution is -0.142. The minimum atomic E-state index is -0.939. The van der Waals surface area contributed by atoms with Gasteiger partial charge in [0.05, 0.1) is 18.6 Å². The Morgan fingerprint density at radius 2 is 1.74 bits per heavy atom. The summed E-state index contributed by atoms with van der Waals surface area (Å²) in [4.78, 5) is 24.2. The van der Waals surface area contributed by atoms with E-state index in [-0.39, 0.29) is 25.7 Å². The molecule has 7 nitrogen and oxygen atoms in total. The van der Waals surface area contributed by atoms with Crippen molar-refractivity contribution in [2.24, 2.45) is 5.92 Å². The summed E-state index contributed by atoms with van der Waals surface area (Å²) in [6, 6.07) is 15.6. The zero-order valence-corrected chi connectivity index (χ0v) is 17.7. The molecule has 2 N–H and O–H groups in total. The Balaban J connectivity index is 2.01. The monoisotopic (exact) mass is 427 g/mol. The van der Waals surface area contributed by atoms with Crippen LogP contribution in [0.1, 0.15) is 30.1 Å². The van der Waals surface area contributed by atoms with Gasteiger partial charge >= 0.3 is 5.97 Å². The fourth-order valence-electron chi connectivity index (χ4n) is 2.91. The normalized spacial score (nSPS) is 12.5. The maximum Gasteiger partial charge on any atom is 0.306 e. The smallest absolute Gasteiger partial charge is 0.306 e. The van der Waals surface area contributed by atoms with E-state index in [9.17, 15) is 14.7 Å². The number of aliphatic carboxylic acids is 1. The standard InChI is InChI=1S/C24H29NO6/c1-3-8-19(24(27)28)15-20(16-30-17-29-4-2)25-23(26)18-11-13-22(14-12-18)31-21-9-6-5-7-10-21/h3,5-7,9-14,19-20H,1,4,8,15-17H2,2H3,(H,25,26)(H,27,28)/t19-,20+/m1/s1. The number of hydrogen-bond acceptors (Lipinski definition) is 5. The number of carbonyl (C=O) groups excluding carboxylic acids is 1. The van der Waals surface area contributed by atoms with Gasteiger partial charge in [-0.3, -0.25) is 9.59 Å². The van der Waals surface area contributed by atoms with Gasteiger partial charge in [-0.2, -0.15) is 0 Å². The van der Waals surface area contributed by atoms with Crippen LogP contribution in [-0.2, 0) is 14.3 Å². The molecule has 0 bridgehead atoms. The molecule has 2 atom stereocenters. The minimum Gasteiger partial charge on any atom is -0.481 e. The molecule has 0 aromatic heterocycles. The van der Waals surface area contributed by atoms with Gasteiger partial charge in [0.25, 0.3) is 5.91 Å². The lowest BCUT2D eigenvalue weighted by Crippen LogP contribution is -2.40. The lowest BCUT2D eigenvalue weighted by Gasteiger charge is -2.22.